The smallest absolute Gasteiger partial charge is 0.0544 e. The van der Waals surface area contributed by atoms with E-state index in [1.807, 2.05) is 0 Å². The van der Waals surface area contributed by atoms with Crippen LogP contribution < -0.4 is 4.90 Å². The Kier molecular flexibility index (Phi) is 7.11. The van der Waals surface area contributed by atoms with Crippen LogP contribution in [0, 0.1) is 0 Å². The van der Waals surface area contributed by atoms with E-state index in [0.717, 1.165) is 12.8 Å². The zero-order chi connectivity index (χ0) is 37.8. The van der Waals surface area contributed by atoms with Gasteiger partial charge in [0, 0.05) is 44.4 Å². The minimum absolute atomic E-state index is 0.0784. The summed E-state index contributed by atoms with van der Waals surface area (Å²) in [6.45, 7) is 9.55. The number of aromatic nitrogens is 1. The number of benzene rings is 7. The molecular formula is C54H44N2. The third kappa shape index (κ3) is 4.75. The lowest BCUT2D eigenvalue weighted by Gasteiger charge is -2.45. The first kappa shape index (κ1) is 33.0. The Bertz CT molecular complexity index is 2940. The number of hydrogen-bond acceptors (Lipinski definition) is 1. The summed E-state index contributed by atoms with van der Waals surface area (Å²) >= 11 is 0. The lowest BCUT2D eigenvalue weighted by atomic mass is 9.70. The van der Waals surface area contributed by atoms with Gasteiger partial charge >= 0.3 is 0 Å². The standard InChI is InChI=1S/C54H44N2/c1-53(2)45-20-12-11-19-41(45)42-33-44-43-31-37(35-15-7-5-8-16-35)25-29-49(43)55(52(44)34-47(42)53)40-27-23-36(24-28-40)38-26-30-51-48(32-38)54(3,4)46-21-13-14-22-50(46)56(51)39-17-9-6-10-18-39/h5-25,27-29,31-34H,26,30H2,1-4H3. The summed E-state index contributed by atoms with van der Waals surface area (Å²) in [5, 5.41) is 2.58. The van der Waals surface area contributed by atoms with Crippen molar-refractivity contribution in [3.63, 3.8) is 0 Å². The van der Waals surface area contributed by atoms with E-state index >= 15 is 0 Å². The van der Waals surface area contributed by atoms with Crippen molar-refractivity contribution in [2.24, 2.45) is 0 Å². The molecule has 7 aromatic carbocycles. The van der Waals surface area contributed by atoms with Crippen LogP contribution in [0.3, 0.4) is 0 Å². The molecule has 2 heterocycles. The highest BCUT2D eigenvalue weighted by molar-refractivity contribution is 6.12. The van der Waals surface area contributed by atoms with Crippen LogP contribution >= 0.6 is 0 Å². The van der Waals surface area contributed by atoms with E-state index in [9.17, 15) is 0 Å². The molecule has 2 aliphatic carbocycles. The molecule has 56 heavy (non-hydrogen) atoms. The van der Waals surface area contributed by atoms with Crippen LogP contribution in [0.5, 0.6) is 0 Å². The monoisotopic (exact) mass is 720 g/mol. The van der Waals surface area contributed by atoms with Crippen molar-refractivity contribution in [2.45, 2.75) is 51.4 Å². The lowest BCUT2D eigenvalue weighted by molar-refractivity contribution is 0.605. The summed E-state index contributed by atoms with van der Waals surface area (Å²) in [6, 6.07) is 61.0. The van der Waals surface area contributed by atoms with Gasteiger partial charge in [0.2, 0.25) is 0 Å². The molecule has 1 aliphatic heterocycles. The molecule has 0 saturated carbocycles. The van der Waals surface area contributed by atoms with Gasteiger partial charge in [0.1, 0.15) is 0 Å². The largest absolute Gasteiger partial charge is 0.314 e. The molecule has 2 heteroatoms. The van der Waals surface area contributed by atoms with E-state index < -0.39 is 0 Å². The summed E-state index contributed by atoms with van der Waals surface area (Å²) in [4.78, 5) is 2.51. The third-order valence-corrected chi connectivity index (χ3v) is 13.1. The van der Waals surface area contributed by atoms with Crippen LogP contribution in [0.4, 0.5) is 11.4 Å². The first-order chi connectivity index (χ1) is 27.3. The number of hydrogen-bond donors (Lipinski definition) is 0. The summed E-state index contributed by atoms with van der Waals surface area (Å²) in [5.41, 5.74) is 20.9. The highest BCUT2D eigenvalue weighted by atomic mass is 15.2. The number of para-hydroxylation sites is 2. The maximum atomic E-state index is 2.51. The average Bonchev–Trinajstić information content (AvgIpc) is 3.68. The van der Waals surface area contributed by atoms with Gasteiger partial charge in [-0.25, -0.2) is 0 Å². The molecule has 0 amide bonds. The molecule has 1 aromatic heterocycles. The van der Waals surface area contributed by atoms with E-state index in [1.54, 1.807) is 0 Å². The quantitative estimate of drug-likeness (QED) is 0.176. The zero-order valence-corrected chi connectivity index (χ0v) is 32.5. The van der Waals surface area contributed by atoms with Gasteiger partial charge in [-0.2, -0.15) is 0 Å². The Morgan fingerprint density at radius 2 is 1.11 bits per heavy atom. The molecule has 0 spiro atoms. The third-order valence-electron chi connectivity index (χ3n) is 13.1. The fourth-order valence-corrected chi connectivity index (χ4v) is 10.2. The Hall–Kier alpha value is -6.38. The summed E-state index contributed by atoms with van der Waals surface area (Å²) in [6.07, 6.45) is 4.50. The number of nitrogens with zero attached hydrogens (tertiary/aromatic N) is 2. The molecule has 0 bridgehead atoms. The Morgan fingerprint density at radius 1 is 0.446 bits per heavy atom. The zero-order valence-electron chi connectivity index (χ0n) is 32.5. The van der Waals surface area contributed by atoms with Gasteiger partial charge in [-0.05, 0) is 123 Å². The normalized spacial score (nSPS) is 16.4. The second-order valence-electron chi connectivity index (χ2n) is 16.9. The molecule has 270 valence electrons. The fraction of sp³-hybridized carbons (Fsp3) is 0.148. The molecule has 3 aliphatic rings. The van der Waals surface area contributed by atoms with Crippen LogP contribution in [0.1, 0.15) is 62.8 Å². The van der Waals surface area contributed by atoms with Crippen LogP contribution in [0.2, 0.25) is 0 Å². The molecule has 0 atom stereocenters. The minimum Gasteiger partial charge on any atom is -0.314 e. The van der Waals surface area contributed by atoms with E-state index in [2.05, 4.69) is 207 Å². The number of rotatable bonds is 4. The molecule has 0 N–H and O–H groups in total. The maximum absolute atomic E-state index is 2.51. The Morgan fingerprint density at radius 3 is 1.89 bits per heavy atom. The van der Waals surface area contributed by atoms with Crippen LogP contribution in [0.15, 0.2) is 181 Å². The van der Waals surface area contributed by atoms with E-state index in [0.29, 0.717) is 0 Å². The van der Waals surface area contributed by atoms with E-state index in [4.69, 9.17) is 0 Å². The van der Waals surface area contributed by atoms with Gasteiger partial charge in [0.05, 0.1) is 11.0 Å². The first-order valence-electron chi connectivity index (χ1n) is 20.1. The van der Waals surface area contributed by atoms with Crippen molar-refractivity contribution < 1.29 is 0 Å². The first-order valence-corrected chi connectivity index (χ1v) is 20.1. The molecule has 11 rings (SSSR count). The van der Waals surface area contributed by atoms with Crippen molar-refractivity contribution in [1.29, 1.82) is 0 Å². The predicted molar refractivity (Wildman–Crippen MR) is 236 cm³/mol. The number of anilines is 2. The minimum atomic E-state index is -0.113. The van der Waals surface area contributed by atoms with E-state index in [1.165, 1.54) is 100 Å². The predicted octanol–water partition coefficient (Wildman–Crippen LogP) is 14.3. The molecule has 0 fully saturated rings. The fourth-order valence-electron chi connectivity index (χ4n) is 10.2. The number of allylic oxidation sites excluding steroid dienone is 4. The number of fused-ring (bicyclic) bond motifs is 7. The molecule has 2 nitrogen and oxygen atoms in total. The molecule has 0 radical (unpaired) electrons. The summed E-state index contributed by atoms with van der Waals surface area (Å²) < 4.78 is 2.50. The van der Waals surface area contributed by atoms with Crippen molar-refractivity contribution in [3.05, 3.63) is 203 Å². The SMILES string of the molecule is CC1(C)C2=C(CCC(c3ccc(-n4c5ccc(-c6ccccc6)cc5c5cc6c(cc54)C(C)(C)c4ccccc4-6)cc3)=C2)N(c2ccccc2)c2ccccc21. The van der Waals surface area contributed by atoms with E-state index in [-0.39, 0.29) is 10.8 Å². The van der Waals surface area contributed by atoms with Crippen LogP contribution in [-0.4, -0.2) is 4.57 Å². The van der Waals surface area contributed by atoms with Gasteiger partial charge in [-0.15, -0.1) is 0 Å². The van der Waals surface area contributed by atoms with Gasteiger partial charge in [-0.1, -0.05) is 143 Å². The second-order valence-corrected chi connectivity index (χ2v) is 16.9. The Balaban J connectivity index is 1.05. The average molecular weight is 721 g/mol. The van der Waals surface area contributed by atoms with Gasteiger partial charge in [0.15, 0.2) is 0 Å². The summed E-state index contributed by atoms with van der Waals surface area (Å²) in [7, 11) is 0. The molecule has 0 saturated heterocycles. The van der Waals surface area contributed by atoms with Crippen molar-refractivity contribution in [3.8, 4) is 27.9 Å². The molecule has 0 unspecified atom stereocenters. The van der Waals surface area contributed by atoms with Crippen molar-refractivity contribution >= 4 is 38.8 Å². The Labute approximate surface area is 329 Å². The van der Waals surface area contributed by atoms with Crippen molar-refractivity contribution in [1.82, 2.24) is 4.57 Å². The molecular weight excluding hydrogens is 677 g/mol. The van der Waals surface area contributed by atoms with Gasteiger partial charge in [-0.3, -0.25) is 0 Å². The van der Waals surface area contributed by atoms with Crippen molar-refractivity contribution in [2.75, 3.05) is 4.90 Å². The van der Waals surface area contributed by atoms with Crippen LogP contribution in [0.25, 0.3) is 55.3 Å². The summed E-state index contributed by atoms with van der Waals surface area (Å²) in [5.74, 6) is 0. The highest BCUT2D eigenvalue weighted by Crippen LogP contribution is 2.53. The van der Waals surface area contributed by atoms with Gasteiger partial charge in [0.25, 0.3) is 0 Å². The topological polar surface area (TPSA) is 8.17 Å². The van der Waals surface area contributed by atoms with Gasteiger partial charge < -0.3 is 9.47 Å². The highest BCUT2D eigenvalue weighted by Gasteiger charge is 2.39. The van der Waals surface area contributed by atoms with Crippen LogP contribution in [-0.2, 0) is 10.8 Å². The maximum Gasteiger partial charge on any atom is 0.0544 e. The lowest BCUT2D eigenvalue weighted by Crippen LogP contribution is -2.35. The molecule has 8 aromatic rings. The second kappa shape index (κ2) is 12.1.